The Morgan fingerprint density at radius 2 is 2.27 bits per heavy atom. The van der Waals surface area contributed by atoms with Gasteiger partial charge >= 0.3 is 0 Å². The van der Waals surface area contributed by atoms with E-state index in [9.17, 15) is 9.59 Å². The number of carbonyl (C=O) groups excluding carboxylic acids is 2. The zero-order valence-electron chi connectivity index (χ0n) is 13.0. The third-order valence-corrected chi connectivity index (χ3v) is 4.78. The van der Waals surface area contributed by atoms with Crippen molar-refractivity contribution in [2.24, 2.45) is 5.92 Å². The minimum atomic E-state index is -0.167. The van der Waals surface area contributed by atoms with Crippen LogP contribution >= 0.6 is 11.9 Å². The summed E-state index contributed by atoms with van der Waals surface area (Å²) in [7, 11) is 0. The molecule has 1 aliphatic carbocycles. The van der Waals surface area contributed by atoms with Gasteiger partial charge in [-0.15, -0.1) is 0 Å². The van der Waals surface area contributed by atoms with Crippen molar-refractivity contribution in [3.63, 3.8) is 0 Å². The van der Waals surface area contributed by atoms with Crippen LogP contribution in [0.4, 0.5) is 0 Å². The number of allylic oxidation sites excluding steroid dienone is 4. The normalized spacial score (nSPS) is 23.0. The highest BCUT2D eigenvalue weighted by molar-refractivity contribution is 7.97. The molecule has 2 amide bonds. The number of hydrogen-bond donors (Lipinski definition) is 2. The second kappa shape index (κ2) is 8.96. The number of amides is 2. The zero-order chi connectivity index (χ0) is 15.8. The molecule has 0 aromatic carbocycles. The van der Waals surface area contributed by atoms with E-state index in [1.54, 1.807) is 11.9 Å². The zero-order valence-corrected chi connectivity index (χ0v) is 13.8. The van der Waals surface area contributed by atoms with Crippen LogP contribution in [-0.2, 0) is 9.59 Å². The summed E-state index contributed by atoms with van der Waals surface area (Å²) in [6, 6.07) is 0.374. The van der Waals surface area contributed by atoms with Gasteiger partial charge in [0.2, 0.25) is 11.8 Å². The van der Waals surface area contributed by atoms with E-state index in [1.807, 2.05) is 6.08 Å². The van der Waals surface area contributed by atoms with Gasteiger partial charge in [-0.2, -0.15) is 0 Å². The lowest BCUT2D eigenvalue weighted by molar-refractivity contribution is -0.125. The molecule has 1 heterocycles. The van der Waals surface area contributed by atoms with Gasteiger partial charge in [0.05, 0.1) is 5.92 Å². The smallest absolute Gasteiger partial charge is 0.230 e. The van der Waals surface area contributed by atoms with Crippen LogP contribution < -0.4 is 10.0 Å². The highest BCUT2D eigenvalue weighted by Gasteiger charge is 2.28. The van der Waals surface area contributed by atoms with Crippen LogP contribution in [0.5, 0.6) is 0 Å². The fourth-order valence-corrected chi connectivity index (χ4v) is 3.27. The summed E-state index contributed by atoms with van der Waals surface area (Å²) < 4.78 is 3.45. The molecule has 1 saturated heterocycles. The topological polar surface area (TPSA) is 58.2 Å². The highest BCUT2D eigenvalue weighted by Crippen LogP contribution is 2.16. The number of rotatable bonds is 8. The highest BCUT2D eigenvalue weighted by atomic mass is 32.2. The van der Waals surface area contributed by atoms with E-state index >= 15 is 0 Å². The summed E-state index contributed by atoms with van der Waals surface area (Å²) in [5.41, 5.74) is 1.37. The van der Waals surface area contributed by atoms with Crippen LogP contribution in [0.3, 0.4) is 0 Å². The van der Waals surface area contributed by atoms with E-state index in [-0.39, 0.29) is 17.7 Å². The predicted molar refractivity (Wildman–Crippen MR) is 91.1 cm³/mol. The van der Waals surface area contributed by atoms with Gasteiger partial charge < -0.3 is 0 Å². The number of imide groups is 1. The Morgan fingerprint density at radius 3 is 2.95 bits per heavy atom. The van der Waals surface area contributed by atoms with Gasteiger partial charge in [-0.25, -0.2) is 0 Å². The standard InChI is InChI=1S/C17H24N2O2S/c1-13(14-8-4-2-5-9-14)19-22-11-7-3-6-10-15-12-16(20)18-17(15)21/h3-4,6,8-9,13,15,19H,2,5,7,10-12H2,1H3,(H,18,20,21)/b6-3+. The Bertz CT molecular complexity index is 497. The first-order valence-corrected chi connectivity index (χ1v) is 8.88. The van der Waals surface area contributed by atoms with Crippen molar-refractivity contribution < 1.29 is 9.59 Å². The van der Waals surface area contributed by atoms with Crippen molar-refractivity contribution in [3.05, 3.63) is 36.0 Å². The first-order chi connectivity index (χ1) is 10.7. The lowest BCUT2D eigenvalue weighted by Crippen LogP contribution is -2.21. The molecule has 0 bridgehead atoms. The lowest BCUT2D eigenvalue weighted by atomic mass is 10.0. The third-order valence-electron chi connectivity index (χ3n) is 3.82. The molecule has 0 spiro atoms. The van der Waals surface area contributed by atoms with Crippen LogP contribution in [0, 0.1) is 5.92 Å². The Labute approximate surface area is 136 Å². The molecule has 1 aliphatic heterocycles. The monoisotopic (exact) mass is 320 g/mol. The molecule has 5 heteroatoms. The number of nitrogens with one attached hydrogen (secondary N) is 2. The van der Waals surface area contributed by atoms with Gasteiger partial charge in [0.25, 0.3) is 0 Å². The van der Waals surface area contributed by atoms with Crippen molar-refractivity contribution in [2.75, 3.05) is 5.75 Å². The molecule has 2 rings (SSSR count). The van der Waals surface area contributed by atoms with Gasteiger partial charge in [-0.3, -0.25) is 19.6 Å². The van der Waals surface area contributed by atoms with Crippen LogP contribution in [0.2, 0.25) is 0 Å². The molecular formula is C17H24N2O2S. The molecule has 2 aliphatic rings. The lowest BCUT2D eigenvalue weighted by Gasteiger charge is -2.16. The number of carbonyl (C=O) groups is 2. The van der Waals surface area contributed by atoms with Crippen LogP contribution in [0.1, 0.15) is 39.0 Å². The van der Waals surface area contributed by atoms with E-state index in [0.717, 1.165) is 25.0 Å². The molecule has 2 atom stereocenters. The molecule has 120 valence electrons. The van der Waals surface area contributed by atoms with Gasteiger partial charge in [0, 0.05) is 18.2 Å². The van der Waals surface area contributed by atoms with E-state index in [2.05, 4.69) is 41.3 Å². The summed E-state index contributed by atoms with van der Waals surface area (Å²) in [5, 5.41) is 2.33. The van der Waals surface area contributed by atoms with E-state index in [1.165, 1.54) is 5.57 Å². The first kappa shape index (κ1) is 17.0. The minimum absolute atomic E-state index is 0.131. The van der Waals surface area contributed by atoms with Crippen LogP contribution in [0.15, 0.2) is 36.0 Å². The van der Waals surface area contributed by atoms with Crippen molar-refractivity contribution in [3.8, 4) is 0 Å². The molecule has 0 radical (unpaired) electrons. The SMILES string of the molecule is CC(NSCC/C=C/CC1CC(=O)NC1=O)C1=CCCC=C1. The second-order valence-electron chi connectivity index (χ2n) is 5.68. The summed E-state index contributed by atoms with van der Waals surface area (Å²) in [6.07, 6.45) is 15.1. The largest absolute Gasteiger partial charge is 0.296 e. The Morgan fingerprint density at radius 1 is 1.41 bits per heavy atom. The average Bonchev–Trinajstić information content (AvgIpc) is 2.84. The maximum absolute atomic E-state index is 11.4. The molecule has 2 unspecified atom stereocenters. The van der Waals surface area contributed by atoms with Crippen molar-refractivity contribution in [1.29, 1.82) is 0 Å². The van der Waals surface area contributed by atoms with Crippen molar-refractivity contribution in [1.82, 2.24) is 10.0 Å². The molecule has 2 N–H and O–H groups in total. The molecule has 0 aromatic rings. The molecule has 0 aromatic heterocycles. The second-order valence-corrected chi connectivity index (χ2v) is 6.61. The Hall–Kier alpha value is -1.33. The Kier molecular flexibility index (Phi) is 6.93. The quantitative estimate of drug-likeness (QED) is 0.312. The Balaban J connectivity index is 1.54. The maximum atomic E-state index is 11.4. The van der Waals surface area contributed by atoms with Gasteiger partial charge in [-0.05, 0) is 38.2 Å². The fraction of sp³-hybridized carbons (Fsp3) is 0.529. The summed E-state index contributed by atoms with van der Waals surface area (Å²) >= 11 is 1.73. The van der Waals surface area contributed by atoms with Crippen molar-refractivity contribution in [2.45, 2.75) is 45.1 Å². The molecule has 1 fully saturated rings. The van der Waals surface area contributed by atoms with Crippen LogP contribution in [-0.4, -0.2) is 23.6 Å². The molecule has 0 saturated carbocycles. The summed E-state index contributed by atoms with van der Waals surface area (Å²) in [4.78, 5) is 22.4. The molecular weight excluding hydrogens is 296 g/mol. The van der Waals surface area contributed by atoms with Crippen LogP contribution in [0.25, 0.3) is 0 Å². The average molecular weight is 320 g/mol. The summed E-state index contributed by atoms with van der Waals surface area (Å²) in [5.74, 6) is 0.546. The van der Waals surface area contributed by atoms with Crippen molar-refractivity contribution >= 4 is 23.8 Å². The fourth-order valence-electron chi connectivity index (χ4n) is 2.51. The number of hydrogen-bond acceptors (Lipinski definition) is 4. The van der Waals surface area contributed by atoms with Gasteiger partial charge in [0.15, 0.2) is 0 Å². The summed E-state index contributed by atoms with van der Waals surface area (Å²) in [6.45, 7) is 2.18. The third kappa shape index (κ3) is 5.46. The van der Waals surface area contributed by atoms with Gasteiger partial charge in [-0.1, -0.05) is 42.3 Å². The maximum Gasteiger partial charge on any atom is 0.230 e. The van der Waals surface area contributed by atoms with E-state index in [4.69, 9.17) is 0 Å². The molecule has 4 nitrogen and oxygen atoms in total. The predicted octanol–water partition coefficient (Wildman–Crippen LogP) is 2.89. The molecule has 22 heavy (non-hydrogen) atoms. The van der Waals surface area contributed by atoms with Gasteiger partial charge in [0.1, 0.15) is 0 Å². The van der Waals surface area contributed by atoms with E-state index < -0.39 is 0 Å². The minimum Gasteiger partial charge on any atom is -0.296 e. The van der Waals surface area contributed by atoms with E-state index in [0.29, 0.717) is 18.9 Å². The first-order valence-electron chi connectivity index (χ1n) is 7.89.